The second-order valence-corrected chi connectivity index (χ2v) is 6.05. The number of hydrogen-bond donors (Lipinski definition) is 1. The summed E-state index contributed by atoms with van der Waals surface area (Å²) in [4.78, 5) is 4.13. The van der Waals surface area contributed by atoms with Crippen molar-refractivity contribution in [3.05, 3.63) is 29.2 Å². The van der Waals surface area contributed by atoms with Crippen LogP contribution in [-0.4, -0.2) is 25.2 Å². The number of benzene rings is 1. The molecular formula is C17H23F3N2O2. The van der Waals surface area contributed by atoms with Crippen LogP contribution in [0.15, 0.2) is 16.5 Å². The van der Waals surface area contributed by atoms with E-state index >= 15 is 0 Å². The van der Waals surface area contributed by atoms with Gasteiger partial charge in [-0.05, 0) is 37.6 Å². The maximum Gasteiger partial charge on any atom is 0.420 e. The lowest BCUT2D eigenvalue weighted by molar-refractivity contribution is -0.136. The molecule has 4 nitrogen and oxygen atoms in total. The van der Waals surface area contributed by atoms with Crippen LogP contribution in [0.3, 0.4) is 0 Å². The van der Waals surface area contributed by atoms with E-state index in [-0.39, 0.29) is 17.0 Å². The van der Waals surface area contributed by atoms with Gasteiger partial charge in [0, 0.05) is 25.7 Å². The van der Waals surface area contributed by atoms with Crippen LogP contribution in [0.1, 0.15) is 49.6 Å². The molecule has 0 radical (unpaired) electrons. The molecule has 0 unspecified atom stereocenters. The third-order valence-electron chi connectivity index (χ3n) is 3.57. The largest absolute Gasteiger partial charge is 0.440 e. The molecule has 3 rings (SSSR count). The van der Waals surface area contributed by atoms with Crippen molar-refractivity contribution in [3.63, 3.8) is 0 Å². The zero-order chi connectivity index (χ0) is 17.7. The van der Waals surface area contributed by atoms with E-state index in [1.807, 2.05) is 13.8 Å². The summed E-state index contributed by atoms with van der Waals surface area (Å²) in [5.74, 6) is 0.267. The van der Waals surface area contributed by atoms with E-state index in [0.717, 1.165) is 19.3 Å². The van der Waals surface area contributed by atoms with Crippen LogP contribution in [0.2, 0.25) is 0 Å². The Bertz CT molecular complexity index is 654. The van der Waals surface area contributed by atoms with Gasteiger partial charge >= 0.3 is 6.18 Å². The Kier molecular flexibility index (Phi) is 6.23. The molecule has 0 atom stereocenters. The number of alkyl halides is 3. The first kappa shape index (κ1) is 18.7. The molecule has 1 aromatic carbocycles. The molecule has 0 bridgehead atoms. The topological polar surface area (TPSA) is 47.3 Å². The monoisotopic (exact) mass is 344 g/mol. The number of aromatic nitrogens is 1. The number of oxazole rings is 1. The number of rotatable bonds is 3. The van der Waals surface area contributed by atoms with Crippen LogP contribution < -0.4 is 5.32 Å². The molecule has 1 aliphatic heterocycles. The maximum absolute atomic E-state index is 13.0. The number of hydrogen-bond acceptors (Lipinski definition) is 4. The van der Waals surface area contributed by atoms with E-state index in [0.29, 0.717) is 18.0 Å². The highest BCUT2D eigenvalue weighted by molar-refractivity contribution is 5.78. The molecule has 0 saturated carbocycles. The van der Waals surface area contributed by atoms with Gasteiger partial charge in [-0.1, -0.05) is 13.8 Å². The van der Waals surface area contributed by atoms with Crippen molar-refractivity contribution in [2.24, 2.45) is 0 Å². The molecule has 0 amide bonds. The van der Waals surface area contributed by atoms with Gasteiger partial charge in [-0.2, -0.15) is 13.2 Å². The minimum Gasteiger partial charge on any atom is -0.440 e. The predicted molar refractivity (Wildman–Crippen MR) is 85.9 cm³/mol. The normalized spacial score (nSPS) is 15.0. The number of fused-ring (bicyclic) bond motifs is 1. The third kappa shape index (κ3) is 4.70. The first-order valence-electron chi connectivity index (χ1n) is 8.05. The smallest absolute Gasteiger partial charge is 0.420 e. The standard InChI is InChI=1S/C13H15F3N2O.C4H8O/c1-7(2)12-18-10-5-8(6-17-3)4-9(11(10)19-12)13(14,15)16;1-2-4-5-3-1/h4-5,7,17H,6H2,1-3H3;1-4H2. The SMILES string of the molecule is C1CCOC1.CNCc1cc(C(F)(F)F)c2oc(C(C)C)nc2c1. The Morgan fingerprint density at radius 1 is 1.21 bits per heavy atom. The first-order chi connectivity index (χ1) is 11.3. The molecule has 0 aliphatic carbocycles. The maximum atomic E-state index is 13.0. The van der Waals surface area contributed by atoms with Crippen molar-refractivity contribution in [2.45, 2.75) is 45.3 Å². The Morgan fingerprint density at radius 2 is 1.88 bits per heavy atom. The lowest BCUT2D eigenvalue weighted by atomic mass is 10.1. The van der Waals surface area contributed by atoms with Crippen LogP contribution in [0.5, 0.6) is 0 Å². The number of nitrogens with one attached hydrogen (secondary N) is 1. The fourth-order valence-electron chi connectivity index (χ4n) is 2.38. The van der Waals surface area contributed by atoms with Crippen molar-refractivity contribution < 1.29 is 22.3 Å². The van der Waals surface area contributed by atoms with Gasteiger partial charge < -0.3 is 14.5 Å². The Morgan fingerprint density at radius 3 is 2.33 bits per heavy atom. The van der Waals surface area contributed by atoms with Crippen molar-refractivity contribution >= 4 is 11.1 Å². The fourth-order valence-corrected chi connectivity index (χ4v) is 2.38. The summed E-state index contributed by atoms with van der Waals surface area (Å²) in [7, 11) is 1.68. The van der Waals surface area contributed by atoms with Crippen molar-refractivity contribution in [3.8, 4) is 0 Å². The van der Waals surface area contributed by atoms with E-state index in [4.69, 9.17) is 9.15 Å². The molecule has 134 valence electrons. The summed E-state index contributed by atoms with van der Waals surface area (Å²) in [5, 5.41) is 2.83. The van der Waals surface area contributed by atoms with Crippen molar-refractivity contribution in [1.82, 2.24) is 10.3 Å². The van der Waals surface area contributed by atoms with E-state index < -0.39 is 11.7 Å². The van der Waals surface area contributed by atoms with Crippen molar-refractivity contribution in [1.29, 1.82) is 0 Å². The number of nitrogens with zero attached hydrogens (tertiary/aromatic N) is 1. The van der Waals surface area contributed by atoms with Crippen LogP contribution in [-0.2, 0) is 17.5 Å². The van der Waals surface area contributed by atoms with Gasteiger partial charge in [0.2, 0.25) is 0 Å². The van der Waals surface area contributed by atoms with Gasteiger partial charge in [0.1, 0.15) is 11.1 Å². The van der Waals surface area contributed by atoms with Gasteiger partial charge in [0.25, 0.3) is 0 Å². The summed E-state index contributed by atoms with van der Waals surface area (Å²) in [6.07, 6.45) is -1.89. The van der Waals surface area contributed by atoms with Gasteiger partial charge in [-0.25, -0.2) is 4.98 Å². The number of ether oxygens (including phenoxy) is 1. The molecular weight excluding hydrogens is 321 g/mol. The second kappa shape index (κ2) is 7.98. The zero-order valence-corrected chi connectivity index (χ0v) is 14.2. The van der Waals surface area contributed by atoms with Crippen LogP contribution >= 0.6 is 0 Å². The summed E-state index contributed by atoms with van der Waals surface area (Å²) in [6.45, 7) is 6.00. The molecule has 0 spiro atoms. The highest BCUT2D eigenvalue weighted by Crippen LogP contribution is 2.37. The second-order valence-electron chi connectivity index (χ2n) is 6.05. The van der Waals surface area contributed by atoms with E-state index in [1.54, 1.807) is 13.1 Å². The lowest BCUT2D eigenvalue weighted by Gasteiger charge is -2.09. The summed E-state index contributed by atoms with van der Waals surface area (Å²) < 4.78 is 49.3. The number of halogens is 3. The molecule has 2 aromatic rings. The Balaban J connectivity index is 0.000000355. The Hall–Kier alpha value is -1.60. The highest BCUT2D eigenvalue weighted by Gasteiger charge is 2.35. The van der Waals surface area contributed by atoms with E-state index in [1.165, 1.54) is 12.8 Å². The minimum absolute atomic E-state index is 0.0544. The van der Waals surface area contributed by atoms with E-state index in [2.05, 4.69) is 10.3 Å². The molecule has 1 fully saturated rings. The first-order valence-corrected chi connectivity index (χ1v) is 8.05. The Labute approximate surface area is 139 Å². The van der Waals surface area contributed by atoms with Crippen molar-refractivity contribution in [2.75, 3.05) is 20.3 Å². The third-order valence-corrected chi connectivity index (χ3v) is 3.57. The lowest BCUT2D eigenvalue weighted by Crippen LogP contribution is -2.09. The van der Waals surface area contributed by atoms with Gasteiger partial charge in [-0.3, -0.25) is 0 Å². The predicted octanol–water partition coefficient (Wildman–Crippen LogP) is 4.49. The van der Waals surface area contributed by atoms with Crippen LogP contribution in [0, 0.1) is 0 Å². The molecule has 24 heavy (non-hydrogen) atoms. The quantitative estimate of drug-likeness (QED) is 0.891. The zero-order valence-electron chi connectivity index (χ0n) is 14.2. The van der Waals surface area contributed by atoms with Gasteiger partial charge in [-0.15, -0.1) is 0 Å². The van der Waals surface area contributed by atoms with Gasteiger partial charge in [0.05, 0.1) is 0 Å². The molecule has 1 aromatic heterocycles. The molecule has 1 aliphatic rings. The highest BCUT2D eigenvalue weighted by atomic mass is 19.4. The van der Waals surface area contributed by atoms with Gasteiger partial charge in [0.15, 0.2) is 11.5 Å². The molecule has 7 heteroatoms. The summed E-state index contributed by atoms with van der Waals surface area (Å²) >= 11 is 0. The molecule has 1 saturated heterocycles. The average Bonchev–Trinajstić information content (AvgIpc) is 3.18. The van der Waals surface area contributed by atoms with Crippen LogP contribution in [0.4, 0.5) is 13.2 Å². The van der Waals surface area contributed by atoms with Crippen LogP contribution in [0.25, 0.3) is 11.1 Å². The minimum atomic E-state index is -4.45. The summed E-state index contributed by atoms with van der Waals surface area (Å²) in [6, 6.07) is 2.73. The summed E-state index contributed by atoms with van der Waals surface area (Å²) in [5.41, 5.74) is -0.166. The fraction of sp³-hybridized carbons (Fsp3) is 0.588. The molecule has 1 N–H and O–H groups in total. The van der Waals surface area contributed by atoms with E-state index in [9.17, 15) is 13.2 Å². The average molecular weight is 344 g/mol. The molecule has 2 heterocycles.